The smallest absolute Gasteiger partial charge is 0.321 e. The topological polar surface area (TPSA) is 76.0 Å². The predicted molar refractivity (Wildman–Crippen MR) is 161 cm³/mol. The quantitative estimate of drug-likeness (QED) is 0.160. The number of aliphatic hydroxyl groups is 1. The van der Waals surface area contributed by atoms with Gasteiger partial charge in [-0.3, -0.25) is 4.79 Å². The van der Waals surface area contributed by atoms with Crippen molar-refractivity contribution in [2.75, 3.05) is 7.11 Å². The summed E-state index contributed by atoms with van der Waals surface area (Å²) in [5, 5.41) is 26.2. The van der Waals surface area contributed by atoms with E-state index in [-0.39, 0.29) is 5.75 Å². The van der Waals surface area contributed by atoms with Gasteiger partial charge in [-0.25, -0.2) is 0 Å². The SMILES string of the molecule is COc1ccc([C@H](O)[C@@H](C(=O)Oc2ccc3ccccc3c2-c2c(O)ccc3ccccc23)c2ccccc2)cc1. The van der Waals surface area contributed by atoms with Crippen LogP contribution >= 0.6 is 0 Å². The van der Waals surface area contributed by atoms with Crippen molar-refractivity contribution >= 4 is 27.5 Å². The third-order valence-electron chi connectivity index (χ3n) is 7.44. The Morgan fingerprint density at radius 2 is 1.22 bits per heavy atom. The van der Waals surface area contributed by atoms with E-state index < -0.39 is 18.0 Å². The zero-order chi connectivity index (χ0) is 28.3. The number of carbonyl (C=O) groups excluding carboxylic acids is 1. The fraction of sp³-hybridized carbons (Fsp3) is 0.0833. The van der Waals surface area contributed by atoms with Gasteiger partial charge in [0.2, 0.25) is 0 Å². The van der Waals surface area contributed by atoms with E-state index in [1.54, 1.807) is 55.6 Å². The average Bonchev–Trinajstić information content (AvgIpc) is 3.02. The molecule has 0 saturated heterocycles. The highest BCUT2D eigenvalue weighted by atomic mass is 16.5. The normalized spacial score (nSPS) is 12.6. The molecule has 5 nitrogen and oxygen atoms in total. The molecule has 0 aliphatic rings. The third kappa shape index (κ3) is 4.99. The first-order valence-corrected chi connectivity index (χ1v) is 13.4. The van der Waals surface area contributed by atoms with Crippen LogP contribution in [0.1, 0.15) is 23.1 Å². The summed E-state index contributed by atoms with van der Waals surface area (Å²) in [5.41, 5.74) is 2.37. The van der Waals surface area contributed by atoms with Gasteiger partial charge in [-0.05, 0) is 56.9 Å². The van der Waals surface area contributed by atoms with Crippen LogP contribution in [0, 0.1) is 0 Å². The molecule has 0 unspecified atom stereocenters. The van der Waals surface area contributed by atoms with E-state index in [9.17, 15) is 15.0 Å². The molecule has 0 amide bonds. The molecule has 0 aromatic heterocycles. The first-order valence-electron chi connectivity index (χ1n) is 13.4. The number of methoxy groups -OCH3 is 1. The molecule has 0 saturated carbocycles. The summed E-state index contributed by atoms with van der Waals surface area (Å²) in [5.74, 6) is -0.602. The molecule has 6 aromatic carbocycles. The molecule has 6 aromatic rings. The number of aliphatic hydroxyl groups excluding tert-OH is 1. The predicted octanol–water partition coefficient (Wildman–Crippen LogP) is 7.80. The molecule has 2 N–H and O–H groups in total. The van der Waals surface area contributed by atoms with Gasteiger partial charge in [-0.2, -0.15) is 0 Å². The summed E-state index contributed by atoms with van der Waals surface area (Å²) in [6.07, 6.45) is -1.18. The Bertz CT molecular complexity index is 1840. The number of hydrogen-bond acceptors (Lipinski definition) is 5. The highest BCUT2D eigenvalue weighted by Crippen LogP contribution is 2.45. The molecular formula is C36H28O5. The van der Waals surface area contributed by atoms with Crippen LogP contribution in [0.15, 0.2) is 127 Å². The molecule has 5 heteroatoms. The molecule has 0 radical (unpaired) electrons. The van der Waals surface area contributed by atoms with Crippen molar-refractivity contribution in [3.8, 4) is 28.4 Å². The highest BCUT2D eigenvalue weighted by molar-refractivity contribution is 6.10. The van der Waals surface area contributed by atoms with Crippen molar-refractivity contribution in [3.05, 3.63) is 139 Å². The number of aromatic hydroxyl groups is 1. The molecule has 0 heterocycles. The Hall–Kier alpha value is -5.13. The summed E-state index contributed by atoms with van der Waals surface area (Å²) in [7, 11) is 1.57. The molecule has 0 fully saturated rings. The number of phenolic OH excluding ortho intramolecular Hbond substituents is 1. The van der Waals surface area contributed by atoms with Gasteiger partial charge in [0.05, 0.1) is 13.2 Å². The summed E-state index contributed by atoms with van der Waals surface area (Å²) < 4.78 is 11.4. The maximum Gasteiger partial charge on any atom is 0.321 e. The van der Waals surface area contributed by atoms with Crippen LogP contribution < -0.4 is 9.47 Å². The van der Waals surface area contributed by atoms with Gasteiger partial charge in [0.15, 0.2) is 0 Å². The lowest BCUT2D eigenvalue weighted by Gasteiger charge is -2.24. The van der Waals surface area contributed by atoms with Crippen LogP contribution in [0.2, 0.25) is 0 Å². The number of esters is 1. The highest BCUT2D eigenvalue weighted by Gasteiger charge is 2.33. The fourth-order valence-electron chi connectivity index (χ4n) is 5.39. The Morgan fingerprint density at radius 1 is 0.634 bits per heavy atom. The molecule has 0 aliphatic carbocycles. The van der Waals surface area contributed by atoms with Gasteiger partial charge in [0.25, 0.3) is 0 Å². The zero-order valence-corrected chi connectivity index (χ0v) is 22.4. The second-order valence-electron chi connectivity index (χ2n) is 9.87. The first-order chi connectivity index (χ1) is 20.0. The lowest BCUT2D eigenvalue weighted by atomic mass is 9.89. The monoisotopic (exact) mass is 540 g/mol. The van der Waals surface area contributed by atoms with Gasteiger partial charge in [0, 0.05) is 11.1 Å². The van der Waals surface area contributed by atoms with Crippen molar-refractivity contribution in [2.45, 2.75) is 12.0 Å². The van der Waals surface area contributed by atoms with Crippen molar-refractivity contribution in [1.29, 1.82) is 0 Å². The molecule has 0 spiro atoms. The third-order valence-corrected chi connectivity index (χ3v) is 7.44. The molecule has 6 rings (SSSR count). The molecule has 2 atom stereocenters. The van der Waals surface area contributed by atoms with Crippen molar-refractivity contribution in [1.82, 2.24) is 0 Å². The largest absolute Gasteiger partial charge is 0.507 e. The second kappa shape index (κ2) is 11.2. The zero-order valence-electron chi connectivity index (χ0n) is 22.4. The summed E-state index contributed by atoms with van der Waals surface area (Å²) in [6.45, 7) is 0. The molecule has 0 aliphatic heterocycles. The van der Waals surface area contributed by atoms with E-state index in [2.05, 4.69) is 0 Å². The number of phenols is 1. The number of rotatable bonds is 7. The average molecular weight is 541 g/mol. The standard InChI is InChI=1S/C36H28O5/c1-40-27-19-15-26(16-20-27)35(38)32(25-11-3-2-4-12-25)36(39)41-31-22-18-24-10-6-8-14-29(24)34(31)33-28-13-7-5-9-23(28)17-21-30(33)37/h2-22,32,35,37-38H,1H3/t32-,35-/m0/s1. The Morgan fingerprint density at radius 3 is 1.88 bits per heavy atom. The number of carbonyl (C=O) groups is 1. The lowest BCUT2D eigenvalue weighted by Crippen LogP contribution is -2.25. The molecule has 202 valence electrons. The van der Waals surface area contributed by atoms with Crippen LogP contribution in [-0.4, -0.2) is 23.3 Å². The van der Waals surface area contributed by atoms with E-state index in [1.165, 1.54) is 0 Å². The van der Waals surface area contributed by atoms with Crippen LogP contribution in [0.4, 0.5) is 0 Å². The van der Waals surface area contributed by atoms with Gasteiger partial charge in [-0.15, -0.1) is 0 Å². The maximum atomic E-state index is 14.0. The van der Waals surface area contributed by atoms with E-state index in [0.29, 0.717) is 33.8 Å². The Kier molecular flexibility index (Phi) is 7.11. The van der Waals surface area contributed by atoms with Gasteiger partial charge >= 0.3 is 5.97 Å². The van der Waals surface area contributed by atoms with E-state index >= 15 is 0 Å². The van der Waals surface area contributed by atoms with E-state index in [4.69, 9.17) is 9.47 Å². The Balaban J connectivity index is 1.49. The minimum atomic E-state index is -1.18. The molecule has 41 heavy (non-hydrogen) atoms. The van der Waals surface area contributed by atoms with Gasteiger partial charge in [-0.1, -0.05) is 103 Å². The van der Waals surface area contributed by atoms with Crippen LogP contribution in [0.3, 0.4) is 0 Å². The molecule has 0 bridgehead atoms. The maximum absolute atomic E-state index is 14.0. The number of benzene rings is 6. The fourth-order valence-corrected chi connectivity index (χ4v) is 5.39. The Labute approximate surface area is 237 Å². The van der Waals surface area contributed by atoms with Crippen LogP contribution in [-0.2, 0) is 4.79 Å². The van der Waals surface area contributed by atoms with E-state index in [1.807, 2.05) is 78.9 Å². The minimum Gasteiger partial charge on any atom is -0.507 e. The van der Waals surface area contributed by atoms with Gasteiger partial charge in [0.1, 0.15) is 23.2 Å². The molecular weight excluding hydrogens is 512 g/mol. The number of ether oxygens (including phenoxy) is 2. The van der Waals surface area contributed by atoms with Gasteiger partial charge < -0.3 is 19.7 Å². The summed E-state index contributed by atoms with van der Waals surface area (Å²) in [4.78, 5) is 14.0. The van der Waals surface area contributed by atoms with Crippen molar-refractivity contribution in [3.63, 3.8) is 0 Å². The first kappa shape index (κ1) is 26.1. The summed E-state index contributed by atoms with van der Waals surface area (Å²) >= 11 is 0. The summed E-state index contributed by atoms with van der Waals surface area (Å²) in [6, 6.07) is 38.8. The minimum absolute atomic E-state index is 0.0789. The van der Waals surface area contributed by atoms with Crippen LogP contribution in [0.25, 0.3) is 32.7 Å². The van der Waals surface area contributed by atoms with Crippen molar-refractivity contribution in [2.24, 2.45) is 0 Å². The number of fused-ring (bicyclic) bond motifs is 2. The van der Waals surface area contributed by atoms with E-state index in [0.717, 1.165) is 21.5 Å². The van der Waals surface area contributed by atoms with Crippen LogP contribution in [0.5, 0.6) is 17.2 Å². The number of hydrogen-bond donors (Lipinski definition) is 2. The second-order valence-corrected chi connectivity index (χ2v) is 9.87. The lowest BCUT2D eigenvalue weighted by molar-refractivity contribution is -0.139. The van der Waals surface area contributed by atoms with Crippen molar-refractivity contribution < 1.29 is 24.5 Å².